The second-order valence-corrected chi connectivity index (χ2v) is 8.68. The molecule has 1 fully saturated rings. The molecule has 1 saturated carbocycles. The highest BCUT2D eigenvalue weighted by Crippen LogP contribution is 2.29. The largest absolute Gasteiger partial charge is 0.468 e. The predicted octanol–water partition coefficient (Wildman–Crippen LogP) is 2.96. The lowest BCUT2D eigenvalue weighted by atomic mass is 10.2. The van der Waals surface area contributed by atoms with Gasteiger partial charge in [-0.1, -0.05) is 6.07 Å². The van der Waals surface area contributed by atoms with Gasteiger partial charge in [0, 0.05) is 17.8 Å². The number of amides is 1. The standard InChI is InChI=1S/C21H21N3O4S/c25-21(24(18-8-9-18)15-17-4-1-2-12-22-17)16-6-10-20(11-7-16)29(26,27)23-14-19-5-3-13-28-19/h1-7,10-13,18,23H,8-9,14-15H2. The van der Waals surface area contributed by atoms with Crippen LogP contribution in [0.25, 0.3) is 0 Å². The molecule has 150 valence electrons. The van der Waals surface area contributed by atoms with E-state index in [1.54, 1.807) is 35.4 Å². The van der Waals surface area contributed by atoms with Crippen LogP contribution in [-0.4, -0.2) is 30.3 Å². The summed E-state index contributed by atoms with van der Waals surface area (Å²) in [4.78, 5) is 19.2. The Balaban J connectivity index is 1.46. The molecule has 0 unspecified atom stereocenters. The first-order valence-corrected chi connectivity index (χ1v) is 10.8. The highest BCUT2D eigenvalue weighted by Gasteiger charge is 2.33. The van der Waals surface area contributed by atoms with E-state index in [1.807, 2.05) is 18.2 Å². The quantitative estimate of drug-likeness (QED) is 0.615. The molecule has 2 aromatic heterocycles. The van der Waals surface area contributed by atoms with Gasteiger partial charge in [-0.25, -0.2) is 13.1 Å². The molecule has 7 nitrogen and oxygen atoms in total. The molecule has 3 aromatic rings. The Morgan fingerprint density at radius 3 is 2.52 bits per heavy atom. The van der Waals surface area contributed by atoms with Crippen molar-refractivity contribution in [3.8, 4) is 0 Å². The van der Waals surface area contributed by atoms with Crippen molar-refractivity contribution in [3.63, 3.8) is 0 Å². The van der Waals surface area contributed by atoms with E-state index >= 15 is 0 Å². The molecule has 0 radical (unpaired) electrons. The molecule has 0 spiro atoms. The molecule has 29 heavy (non-hydrogen) atoms. The summed E-state index contributed by atoms with van der Waals surface area (Å²) < 4.78 is 32.5. The lowest BCUT2D eigenvalue weighted by Gasteiger charge is -2.22. The van der Waals surface area contributed by atoms with E-state index in [2.05, 4.69) is 9.71 Å². The molecule has 1 aliphatic carbocycles. The fraction of sp³-hybridized carbons (Fsp3) is 0.238. The van der Waals surface area contributed by atoms with Crippen LogP contribution in [0.4, 0.5) is 0 Å². The van der Waals surface area contributed by atoms with Gasteiger partial charge in [-0.3, -0.25) is 9.78 Å². The molecular weight excluding hydrogens is 390 g/mol. The van der Waals surface area contributed by atoms with E-state index in [4.69, 9.17) is 4.42 Å². The van der Waals surface area contributed by atoms with Gasteiger partial charge >= 0.3 is 0 Å². The van der Waals surface area contributed by atoms with Crippen LogP contribution in [-0.2, 0) is 23.1 Å². The van der Waals surface area contributed by atoms with Crippen LogP contribution in [0.5, 0.6) is 0 Å². The van der Waals surface area contributed by atoms with Crippen molar-refractivity contribution in [2.75, 3.05) is 0 Å². The van der Waals surface area contributed by atoms with Crippen molar-refractivity contribution >= 4 is 15.9 Å². The lowest BCUT2D eigenvalue weighted by molar-refractivity contribution is 0.0727. The van der Waals surface area contributed by atoms with Crippen molar-refractivity contribution in [1.82, 2.24) is 14.6 Å². The van der Waals surface area contributed by atoms with Crippen LogP contribution in [0.15, 0.2) is 76.4 Å². The topological polar surface area (TPSA) is 92.5 Å². The smallest absolute Gasteiger partial charge is 0.254 e. The second kappa shape index (κ2) is 8.18. The first-order valence-electron chi connectivity index (χ1n) is 9.36. The Morgan fingerprint density at radius 2 is 1.90 bits per heavy atom. The molecule has 1 aromatic carbocycles. The monoisotopic (exact) mass is 411 g/mol. The first kappa shape index (κ1) is 19.4. The van der Waals surface area contributed by atoms with Gasteiger partial charge in [0.05, 0.1) is 29.9 Å². The molecule has 4 rings (SSSR count). The molecule has 1 N–H and O–H groups in total. The number of hydrogen-bond donors (Lipinski definition) is 1. The van der Waals surface area contributed by atoms with Crippen LogP contribution in [0.1, 0.15) is 34.7 Å². The zero-order valence-electron chi connectivity index (χ0n) is 15.7. The number of nitrogens with zero attached hydrogens (tertiary/aromatic N) is 2. The number of carbonyl (C=O) groups is 1. The maximum absolute atomic E-state index is 13.0. The minimum Gasteiger partial charge on any atom is -0.468 e. The maximum atomic E-state index is 13.0. The SMILES string of the molecule is O=C(c1ccc(S(=O)(=O)NCc2ccco2)cc1)N(Cc1ccccn1)C1CC1. The average molecular weight is 411 g/mol. The second-order valence-electron chi connectivity index (χ2n) is 6.91. The Hall–Kier alpha value is -2.97. The average Bonchev–Trinajstić information content (AvgIpc) is 3.45. The molecule has 2 heterocycles. The normalized spacial score (nSPS) is 13.9. The van der Waals surface area contributed by atoms with Crippen molar-refractivity contribution in [3.05, 3.63) is 84.1 Å². The van der Waals surface area contributed by atoms with Crippen molar-refractivity contribution in [1.29, 1.82) is 0 Å². The van der Waals surface area contributed by atoms with Crippen LogP contribution in [0, 0.1) is 0 Å². The minimum absolute atomic E-state index is 0.0650. The number of pyridine rings is 1. The van der Waals surface area contributed by atoms with Crippen LogP contribution < -0.4 is 4.72 Å². The maximum Gasteiger partial charge on any atom is 0.254 e. The Morgan fingerprint density at radius 1 is 1.10 bits per heavy atom. The fourth-order valence-corrected chi connectivity index (χ4v) is 4.02. The summed E-state index contributed by atoms with van der Waals surface area (Å²) in [5.74, 6) is 0.403. The van der Waals surface area contributed by atoms with Gasteiger partial charge in [-0.05, 0) is 61.4 Å². The number of hydrogen-bond acceptors (Lipinski definition) is 5. The number of carbonyl (C=O) groups excluding carboxylic acids is 1. The summed E-state index contributed by atoms with van der Waals surface area (Å²) in [6.07, 6.45) is 5.14. The van der Waals surface area contributed by atoms with Gasteiger partial charge in [-0.15, -0.1) is 0 Å². The van der Waals surface area contributed by atoms with E-state index in [0.29, 0.717) is 17.9 Å². The van der Waals surface area contributed by atoms with E-state index in [0.717, 1.165) is 18.5 Å². The number of benzene rings is 1. The van der Waals surface area contributed by atoms with Gasteiger partial charge in [0.25, 0.3) is 5.91 Å². The Labute approximate surface area is 169 Å². The Bertz CT molecular complexity index is 1060. The molecule has 8 heteroatoms. The van der Waals surface area contributed by atoms with E-state index in [-0.39, 0.29) is 23.4 Å². The summed E-state index contributed by atoms with van der Waals surface area (Å²) in [6, 6.07) is 15.2. The highest BCUT2D eigenvalue weighted by atomic mass is 32.2. The molecule has 0 bridgehead atoms. The highest BCUT2D eigenvalue weighted by molar-refractivity contribution is 7.89. The van der Waals surface area contributed by atoms with E-state index in [1.165, 1.54) is 18.4 Å². The molecule has 0 aliphatic heterocycles. The van der Waals surface area contributed by atoms with Gasteiger partial charge < -0.3 is 9.32 Å². The van der Waals surface area contributed by atoms with Crippen LogP contribution in [0.2, 0.25) is 0 Å². The summed E-state index contributed by atoms with van der Waals surface area (Å²) in [7, 11) is -3.70. The number of furan rings is 1. The third-order valence-corrected chi connectivity index (χ3v) is 6.15. The van der Waals surface area contributed by atoms with Crippen molar-refractivity contribution in [2.45, 2.75) is 36.9 Å². The zero-order chi connectivity index (χ0) is 20.3. The number of rotatable bonds is 8. The van der Waals surface area contributed by atoms with E-state index in [9.17, 15) is 13.2 Å². The fourth-order valence-electron chi connectivity index (χ4n) is 3.02. The number of sulfonamides is 1. The molecular formula is C21H21N3O4S. The molecule has 1 amide bonds. The zero-order valence-corrected chi connectivity index (χ0v) is 16.5. The van der Waals surface area contributed by atoms with Crippen LogP contribution in [0.3, 0.4) is 0 Å². The summed E-state index contributed by atoms with van der Waals surface area (Å²) >= 11 is 0. The third-order valence-electron chi connectivity index (χ3n) is 4.74. The molecule has 0 saturated heterocycles. The summed E-state index contributed by atoms with van der Waals surface area (Å²) in [6.45, 7) is 0.505. The minimum atomic E-state index is -3.70. The number of aromatic nitrogens is 1. The predicted molar refractivity (Wildman–Crippen MR) is 106 cm³/mol. The lowest BCUT2D eigenvalue weighted by Crippen LogP contribution is -2.33. The first-order chi connectivity index (χ1) is 14.0. The van der Waals surface area contributed by atoms with E-state index < -0.39 is 10.0 Å². The van der Waals surface area contributed by atoms with Gasteiger partial charge in [-0.2, -0.15) is 0 Å². The van der Waals surface area contributed by atoms with Gasteiger partial charge in [0.2, 0.25) is 10.0 Å². The summed E-state index contributed by atoms with van der Waals surface area (Å²) in [5, 5.41) is 0. The van der Waals surface area contributed by atoms with Crippen molar-refractivity contribution in [2.24, 2.45) is 0 Å². The molecule has 1 aliphatic rings. The summed E-state index contributed by atoms with van der Waals surface area (Å²) in [5.41, 5.74) is 1.28. The van der Waals surface area contributed by atoms with Crippen molar-refractivity contribution < 1.29 is 17.6 Å². The molecule has 0 atom stereocenters. The third kappa shape index (κ3) is 4.72. The van der Waals surface area contributed by atoms with Gasteiger partial charge in [0.1, 0.15) is 5.76 Å². The number of nitrogens with one attached hydrogen (secondary N) is 1. The van der Waals surface area contributed by atoms with Gasteiger partial charge in [0.15, 0.2) is 0 Å². The Kier molecular flexibility index (Phi) is 5.46. The van der Waals surface area contributed by atoms with Crippen LogP contribution >= 0.6 is 0 Å².